The molecule has 2 nitrogen and oxygen atoms in total. The molecule has 2 atom stereocenters. The Balaban J connectivity index is 1.78. The van der Waals surface area contributed by atoms with Crippen LogP contribution in [0.5, 0.6) is 0 Å². The van der Waals surface area contributed by atoms with Gasteiger partial charge in [0.15, 0.2) is 0 Å². The Labute approximate surface area is 117 Å². The number of hydrogen-bond donors (Lipinski definition) is 1. The molecule has 0 radical (unpaired) electrons. The van der Waals surface area contributed by atoms with E-state index in [1.54, 1.807) is 0 Å². The molecule has 4 aliphatic rings. The Hall–Kier alpha value is -0.530. The first-order chi connectivity index (χ1) is 8.85. The summed E-state index contributed by atoms with van der Waals surface area (Å²) in [7, 11) is 0. The highest BCUT2D eigenvalue weighted by atomic mass is 16.4. The van der Waals surface area contributed by atoms with Gasteiger partial charge in [-0.05, 0) is 81.5 Å². The Morgan fingerprint density at radius 1 is 1.21 bits per heavy atom. The second kappa shape index (κ2) is 4.23. The van der Waals surface area contributed by atoms with E-state index in [9.17, 15) is 9.90 Å². The van der Waals surface area contributed by atoms with Crippen molar-refractivity contribution in [3.63, 3.8) is 0 Å². The average molecular weight is 264 g/mol. The normalized spacial score (nSPS) is 44.6. The van der Waals surface area contributed by atoms with E-state index in [0.717, 1.165) is 24.2 Å². The summed E-state index contributed by atoms with van der Waals surface area (Å²) in [4.78, 5) is 11.4. The lowest BCUT2D eigenvalue weighted by Gasteiger charge is -2.61. The van der Waals surface area contributed by atoms with Crippen LogP contribution in [-0.4, -0.2) is 11.1 Å². The highest BCUT2D eigenvalue weighted by molar-refractivity contribution is 5.73. The molecule has 0 aromatic carbocycles. The molecule has 19 heavy (non-hydrogen) atoms. The summed E-state index contributed by atoms with van der Waals surface area (Å²) in [6.45, 7) is 6.19. The lowest BCUT2D eigenvalue weighted by Crippen LogP contribution is -2.51. The number of rotatable bonds is 4. The minimum absolute atomic E-state index is 0.542. The topological polar surface area (TPSA) is 37.3 Å². The lowest BCUT2D eigenvalue weighted by atomic mass is 9.44. The van der Waals surface area contributed by atoms with E-state index >= 15 is 0 Å². The molecule has 4 saturated carbocycles. The van der Waals surface area contributed by atoms with Crippen molar-refractivity contribution in [3.8, 4) is 0 Å². The van der Waals surface area contributed by atoms with E-state index < -0.39 is 11.4 Å². The van der Waals surface area contributed by atoms with Crippen molar-refractivity contribution in [2.24, 2.45) is 34.5 Å². The third-order valence-corrected chi connectivity index (χ3v) is 6.67. The zero-order valence-electron chi connectivity index (χ0n) is 12.6. The van der Waals surface area contributed by atoms with Gasteiger partial charge in [0.05, 0.1) is 5.41 Å². The second-order valence-electron chi connectivity index (χ2n) is 8.38. The van der Waals surface area contributed by atoms with Crippen LogP contribution in [0.2, 0.25) is 0 Å². The molecule has 4 rings (SSSR count). The maximum atomic E-state index is 11.4. The minimum atomic E-state index is -0.619. The maximum absolute atomic E-state index is 11.4. The van der Waals surface area contributed by atoms with Crippen LogP contribution in [0.1, 0.15) is 65.7 Å². The molecule has 0 amide bonds. The third kappa shape index (κ3) is 2.11. The van der Waals surface area contributed by atoms with Crippen LogP contribution >= 0.6 is 0 Å². The molecule has 0 aliphatic heterocycles. The molecule has 4 aliphatic carbocycles. The van der Waals surface area contributed by atoms with Crippen molar-refractivity contribution >= 4 is 5.97 Å². The van der Waals surface area contributed by atoms with E-state index in [1.165, 1.54) is 38.5 Å². The average Bonchev–Trinajstić information content (AvgIpc) is 2.33. The monoisotopic (exact) mass is 264 g/mol. The van der Waals surface area contributed by atoms with Crippen LogP contribution in [0.15, 0.2) is 0 Å². The van der Waals surface area contributed by atoms with Crippen LogP contribution < -0.4 is 0 Å². The third-order valence-electron chi connectivity index (χ3n) is 6.67. The van der Waals surface area contributed by atoms with Crippen LogP contribution in [0, 0.1) is 34.5 Å². The Bertz CT molecular complexity index is 369. The number of hydrogen-bond acceptors (Lipinski definition) is 1. The molecular weight excluding hydrogens is 236 g/mol. The predicted octanol–water partition coefficient (Wildman–Crippen LogP) is 4.34. The first-order valence-corrected chi connectivity index (χ1v) is 8.09. The largest absolute Gasteiger partial charge is 0.481 e. The Kier molecular flexibility index (Phi) is 3.00. The van der Waals surface area contributed by atoms with Crippen LogP contribution in [0.3, 0.4) is 0 Å². The molecule has 2 unspecified atom stereocenters. The second-order valence-corrected chi connectivity index (χ2v) is 8.38. The predicted molar refractivity (Wildman–Crippen MR) is 75.8 cm³/mol. The standard InChI is InChI=1S/C17H28O2/c1-4-17-7-11-5-12(8-17)14(13(6-11)9-17)10-16(2,3)15(18)19/h11-14H,4-10H2,1-3H3,(H,18,19). The molecule has 2 heteroatoms. The van der Waals surface area contributed by atoms with E-state index in [1.807, 2.05) is 13.8 Å². The molecule has 4 bridgehead atoms. The zero-order valence-corrected chi connectivity index (χ0v) is 12.6. The van der Waals surface area contributed by atoms with Gasteiger partial charge in [0.25, 0.3) is 0 Å². The van der Waals surface area contributed by atoms with Gasteiger partial charge in [0.1, 0.15) is 0 Å². The van der Waals surface area contributed by atoms with E-state index in [4.69, 9.17) is 0 Å². The number of carboxylic acids is 1. The summed E-state index contributed by atoms with van der Waals surface area (Å²) in [5, 5.41) is 9.39. The van der Waals surface area contributed by atoms with E-state index in [2.05, 4.69) is 6.92 Å². The van der Waals surface area contributed by atoms with Crippen molar-refractivity contribution in [1.29, 1.82) is 0 Å². The smallest absolute Gasteiger partial charge is 0.309 e. The van der Waals surface area contributed by atoms with E-state index in [-0.39, 0.29) is 0 Å². The van der Waals surface area contributed by atoms with Gasteiger partial charge in [-0.25, -0.2) is 0 Å². The lowest BCUT2D eigenvalue weighted by molar-refractivity contribution is -0.152. The summed E-state index contributed by atoms with van der Waals surface area (Å²) in [5.41, 5.74) is 0.0970. The molecule has 4 fully saturated rings. The molecule has 0 aromatic heterocycles. The molecule has 0 saturated heterocycles. The molecular formula is C17H28O2. The van der Waals surface area contributed by atoms with Crippen LogP contribution in [-0.2, 0) is 4.79 Å². The summed E-state index contributed by atoms with van der Waals surface area (Å²) in [6.07, 6.45) is 9.24. The molecule has 108 valence electrons. The summed E-state index contributed by atoms with van der Waals surface area (Å²) in [6, 6.07) is 0. The fourth-order valence-electron chi connectivity index (χ4n) is 5.74. The van der Waals surface area contributed by atoms with Crippen molar-refractivity contribution in [2.45, 2.75) is 65.7 Å². The van der Waals surface area contributed by atoms with Crippen LogP contribution in [0.4, 0.5) is 0 Å². The van der Waals surface area contributed by atoms with Crippen molar-refractivity contribution in [3.05, 3.63) is 0 Å². The SMILES string of the molecule is CCC12CC3CC(C1)C(CC(C)(C)C(=O)O)C(C3)C2. The van der Waals surface area contributed by atoms with Gasteiger partial charge in [-0.2, -0.15) is 0 Å². The quantitative estimate of drug-likeness (QED) is 0.820. The fraction of sp³-hybridized carbons (Fsp3) is 0.941. The Morgan fingerprint density at radius 2 is 1.79 bits per heavy atom. The molecule has 1 N–H and O–H groups in total. The van der Waals surface area contributed by atoms with Gasteiger partial charge in [-0.3, -0.25) is 4.79 Å². The highest BCUT2D eigenvalue weighted by Crippen LogP contribution is 2.64. The number of aliphatic carboxylic acids is 1. The van der Waals surface area contributed by atoms with Crippen molar-refractivity contribution in [1.82, 2.24) is 0 Å². The summed E-state index contributed by atoms with van der Waals surface area (Å²) in [5.74, 6) is 2.67. The fourth-order valence-corrected chi connectivity index (χ4v) is 5.74. The Morgan fingerprint density at radius 3 is 2.26 bits per heavy atom. The molecule has 0 heterocycles. The van der Waals surface area contributed by atoms with E-state index in [0.29, 0.717) is 11.3 Å². The zero-order chi connectivity index (χ0) is 13.8. The highest BCUT2D eigenvalue weighted by Gasteiger charge is 2.55. The van der Waals surface area contributed by atoms with Crippen molar-refractivity contribution in [2.75, 3.05) is 0 Å². The maximum Gasteiger partial charge on any atom is 0.309 e. The number of carboxylic acid groups (broad SMARTS) is 1. The van der Waals surface area contributed by atoms with Crippen LogP contribution in [0.25, 0.3) is 0 Å². The number of carbonyl (C=O) groups is 1. The first-order valence-electron chi connectivity index (χ1n) is 8.09. The van der Waals surface area contributed by atoms with Gasteiger partial charge < -0.3 is 5.11 Å². The van der Waals surface area contributed by atoms with Crippen molar-refractivity contribution < 1.29 is 9.90 Å². The van der Waals surface area contributed by atoms with Gasteiger partial charge in [-0.15, -0.1) is 0 Å². The van der Waals surface area contributed by atoms with Gasteiger partial charge in [-0.1, -0.05) is 13.3 Å². The summed E-state index contributed by atoms with van der Waals surface area (Å²) < 4.78 is 0. The molecule has 0 spiro atoms. The van der Waals surface area contributed by atoms with Gasteiger partial charge in [0, 0.05) is 0 Å². The minimum Gasteiger partial charge on any atom is -0.481 e. The van der Waals surface area contributed by atoms with Gasteiger partial charge >= 0.3 is 5.97 Å². The summed E-state index contributed by atoms with van der Waals surface area (Å²) >= 11 is 0. The van der Waals surface area contributed by atoms with Gasteiger partial charge in [0.2, 0.25) is 0 Å². The molecule has 0 aromatic rings. The first kappa shape index (κ1) is 13.5.